The maximum absolute atomic E-state index is 14.9. The normalized spacial score (nSPS) is 24.5. The summed E-state index contributed by atoms with van der Waals surface area (Å²) >= 11 is 0. The highest BCUT2D eigenvalue weighted by molar-refractivity contribution is 7.47. The van der Waals surface area contributed by atoms with Gasteiger partial charge in [-0.05, 0) is 25.7 Å². The predicted octanol–water partition coefficient (Wildman–Crippen LogP) is 19.3. The second-order valence-electron chi connectivity index (χ2n) is 35.7. The lowest BCUT2D eigenvalue weighted by Gasteiger charge is -2.50. The first-order chi connectivity index (χ1) is 58.7. The zero-order valence-corrected chi connectivity index (χ0v) is 77.2. The quantitative estimate of drug-likeness (QED) is 0.0117. The van der Waals surface area contributed by atoms with Gasteiger partial charge >= 0.3 is 31.7 Å². The topological polar surface area (TPSA) is 380 Å². The van der Waals surface area contributed by atoms with Gasteiger partial charge < -0.3 is 88.7 Å². The van der Waals surface area contributed by atoms with E-state index in [-0.39, 0.29) is 25.7 Å². The van der Waals surface area contributed by atoms with Crippen molar-refractivity contribution in [1.29, 1.82) is 0 Å². The first kappa shape index (κ1) is 113. The number of unbranched alkanes of at least 4 members (excludes halogenated alkanes) is 58. The summed E-state index contributed by atoms with van der Waals surface area (Å²) in [7, 11) is -5.80. The fraction of sp³-hybridized carbons (Fsp3) is 0.958. The molecule has 0 aromatic carbocycles. The molecule has 0 radical (unpaired) electrons. The van der Waals surface area contributed by atoms with Gasteiger partial charge in [-0.2, -0.15) is 0 Å². The number of aliphatic hydroxyl groups excluding tert-OH is 9. The number of esters is 4. The van der Waals surface area contributed by atoms with Gasteiger partial charge in [0.15, 0.2) is 24.8 Å². The van der Waals surface area contributed by atoms with Gasteiger partial charge in [0.1, 0.15) is 92.6 Å². The van der Waals surface area contributed by atoms with E-state index in [2.05, 4.69) is 27.7 Å². The minimum absolute atomic E-state index is 0.0204. The zero-order chi connectivity index (χ0) is 88.2. The third-order valence-electron chi connectivity index (χ3n) is 24.6. The van der Waals surface area contributed by atoms with Gasteiger partial charge in [-0.3, -0.25) is 28.2 Å². The molecule has 10 N–H and O–H groups in total. The van der Waals surface area contributed by atoms with E-state index in [1.54, 1.807) is 0 Å². The molecule has 0 bridgehead atoms. The predicted molar refractivity (Wildman–Crippen MR) is 472 cm³/mol. The van der Waals surface area contributed by atoms with E-state index < -0.39 is 162 Å². The number of hydrogen-bond donors (Lipinski definition) is 10. The molecule has 2 aliphatic heterocycles. The highest BCUT2D eigenvalue weighted by Gasteiger charge is 2.60. The number of rotatable bonds is 82. The standard InChI is InChI=1S/C95H179O25P/c1-5-9-13-17-21-25-29-33-37-41-44-47-51-55-59-63-67-78(97)111-72-75(114-80(99)69-65-61-57-53-49-45-40-36-32-28-24-20-16-12-8-4)73-113-121(109,110)120-93-91(118-94-88(107)84(103)82(101)76(71-96)115-94)87(106)86(105)90(117-81(100)70-66-62-58-54-50-46-42-38-34-30-26-22-18-14-10-6-2)92(93)119-95-89(108)85(104)83(102)77(116-95)74-112-79(98)68-64-60-56-52-48-43-39-35-31-27-23-19-15-11-7-3/h75-77,82-96,101-108H,5-74H2,1-4H3,(H,109,110). The lowest BCUT2D eigenvalue weighted by Crippen LogP contribution is -2.70. The van der Waals surface area contributed by atoms with Gasteiger partial charge in [-0.25, -0.2) is 4.57 Å². The van der Waals surface area contributed by atoms with Gasteiger partial charge in [0.05, 0.1) is 13.2 Å². The number of aliphatic hydroxyl groups is 9. The third kappa shape index (κ3) is 53.9. The summed E-state index contributed by atoms with van der Waals surface area (Å²) in [5, 5.41) is 103. The Hall–Kier alpha value is -2.53. The van der Waals surface area contributed by atoms with Gasteiger partial charge in [0.2, 0.25) is 0 Å². The summed E-state index contributed by atoms with van der Waals surface area (Å²) in [6, 6.07) is 0. The van der Waals surface area contributed by atoms with Crippen LogP contribution in [0.25, 0.3) is 0 Å². The van der Waals surface area contributed by atoms with Crippen LogP contribution in [-0.2, 0) is 70.7 Å². The Bertz CT molecular complexity index is 2500. The summed E-state index contributed by atoms with van der Waals surface area (Å²) in [6.07, 6.45) is 33.4. The van der Waals surface area contributed by atoms with Crippen molar-refractivity contribution in [3.05, 3.63) is 0 Å². The van der Waals surface area contributed by atoms with Crippen LogP contribution in [0.5, 0.6) is 0 Å². The summed E-state index contributed by atoms with van der Waals surface area (Å²) < 4.78 is 73.6. The van der Waals surface area contributed by atoms with Crippen LogP contribution in [0.3, 0.4) is 0 Å². The molecule has 2 saturated heterocycles. The number of phosphoric acid groups is 1. The SMILES string of the molecule is CCCCCCCCCCCCCCCCCCC(=O)OCC(COP(=O)(O)OC1C(OC2OC(CO)C(O)C(O)C2O)C(O)C(O)C(OC(=O)CCCCCCCCCCCCCCCCCC)C1OC1OC(COC(=O)CCCCCCCCCCCCCCCCC)C(O)C(O)C1O)OC(=O)CCCCCCCCCCCCCCCCC. The number of phosphoric ester groups is 1. The molecule has 2 heterocycles. The molecule has 0 amide bonds. The van der Waals surface area contributed by atoms with Crippen LogP contribution in [0, 0.1) is 0 Å². The Morgan fingerprint density at radius 1 is 0.298 bits per heavy atom. The smallest absolute Gasteiger partial charge is 0.463 e. The van der Waals surface area contributed by atoms with E-state index in [0.29, 0.717) is 32.1 Å². The molecule has 121 heavy (non-hydrogen) atoms. The van der Waals surface area contributed by atoms with Crippen molar-refractivity contribution in [2.24, 2.45) is 0 Å². The largest absolute Gasteiger partial charge is 0.472 e. The molecule has 1 saturated carbocycles. The number of carbonyl (C=O) groups excluding carboxylic acids is 4. The maximum atomic E-state index is 14.9. The Labute approximate surface area is 731 Å². The highest BCUT2D eigenvalue weighted by Crippen LogP contribution is 2.49. The van der Waals surface area contributed by atoms with Crippen molar-refractivity contribution in [3.63, 3.8) is 0 Å². The molecular formula is C95H179O25P. The molecule has 18 atom stereocenters. The van der Waals surface area contributed by atoms with Crippen molar-refractivity contribution in [2.75, 3.05) is 26.4 Å². The minimum atomic E-state index is -5.80. The fourth-order valence-corrected chi connectivity index (χ4v) is 17.7. The summed E-state index contributed by atoms with van der Waals surface area (Å²) in [6.45, 7) is 5.68. The molecular weight excluding hydrogens is 1570 g/mol. The van der Waals surface area contributed by atoms with E-state index in [9.17, 15) is 74.6 Å². The first-order valence-electron chi connectivity index (χ1n) is 49.8. The molecule has 1 aliphatic carbocycles. The Kier molecular flexibility index (Phi) is 69.1. The van der Waals surface area contributed by atoms with Crippen LogP contribution in [0.4, 0.5) is 0 Å². The third-order valence-corrected chi connectivity index (χ3v) is 25.6. The van der Waals surface area contributed by atoms with Gasteiger partial charge in [0, 0.05) is 25.7 Å². The van der Waals surface area contributed by atoms with Crippen LogP contribution < -0.4 is 0 Å². The average molecular weight is 1750 g/mol. The molecule has 3 aliphatic rings. The van der Waals surface area contributed by atoms with Crippen LogP contribution in [0.15, 0.2) is 0 Å². The van der Waals surface area contributed by atoms with E-state index in [1.165, 1.54) is 238 Å². The number of carbonyl (C=O) groups is 4. The van der Waals surface area contributed by atoms with Crippen molar-refractivity contribution in [1.82, 2.24) is 0 Å². The average Bonchev–Trinajstić information content (AvgIpc) is 0.753. The molecule has 25 nitrogen and oxygen atoms in total. The van der Waals surface area contributed by atoms with E-state index >= 15 is 0 Å². The van der Waals surface area contributed by atoms with Crippen LogP contribution in [0.1, 0.15) is 451 Å². The summed E-state index contributed by atoms with van der Waals surface area (Å²) in [4.78, 5) is 66.6. The molecule has 714 valence electrons. The van der Waals surface area contributed by atoms with Crippen LogP contribution in [0.2, 0.25) is 0 Å². The molecule has 3 rings (SSSR count). The van der Waals surface area contributed by atoms with E-state index in [0.717, 1.165) is 128 Å². The Morgan fingerprint density at radius 3 is 0.901 bits per heavy atom. The summed E-state index contributed by atoms with van der Waals surface area (Å²) in [5.41, 5.74) is 0. The van der Waals surface area contributed by atoms with Crippen LogP contribution >= 0.6 is 7.82 Å². The monoisotopic (exact) mass is 1750 g/mol. The Balaban J connectivity index is 1.89. The lowest BCUT2D eigenvalue weighted by molar-refractivity contribution is -0.360. The van der Waals surface area contributed by atoms with Crippen LogP contribution in [-0.4, -0.2) is 205 Å². The van der Waals surface area contributed by atoms with Gasteiger partial charge in [-0.1, -0.05) is 400 Å². The van der Waals surface area contributed by atoms with Crippen molar-refractivity contribution >= 4 is 31.7 Å². The lowest BCUT2D eigenvalue weighted by atomic mass is 9.84. The fourth-order valence-electron chi connectivity index (χ4n) is 16.7. The minimum Gasteiger partial charge on any atom is -0.463 e. The highest BCUT2D eigenvalue weighted by atomic mass is 31.2. The van der Waals surface area contributed by atoms with Crippen molar-refractivity contribution < 1.29 is 122 Å². The second kappa shape index (κ2) is 74.3. The van der Waals surface area contributed by atoms with Gasteiger partial charge in [-0.15, -0.1) is 0 Å². The summed E-state index contributed by atoms with van der Waals surface area (Å²) in [5.74, 6) is -2.93. The van der Waals surface area contributed by atoms with E-state index in [1.807, 2.05) is 0 Å². The zero-order valence-electron chi connectivity index (χ0n) is 76.4. The van der Waals surface area contributed by atoms with Crippen molar-refractivity contribution in [2.45, 2.75) is 556 Å². The van der Waals surface area contributed by atoms with Crippen molar-refractivity contribution in [3.8, 4) is 0 Å². The molecule has 26 heteroatoms. The second-order valence-corrected chi connectivity index (χ2v) is 37.1. The van der Waals surface area contributed by atoms with E-state index in [4.69, 9.17) is 46.9 Å². The molecule has 0 aromatic rings. The number of ether oxygens (including phenoxy) is 8. The Morgan fingerprint density at radius 2 is 0.570 bits per heavy atom. The number of hydrogen-bond acceptors (Lipinski definition) is 24. The van der Waals surface area contributed by atoms with Gasteiger partial charge in [0.25, 0.3) is 0 Å². The molecule has 0 spiro atoms. The molecule has 3 fully saturated rings. The first-order valence-corrected chi connectivity index (χ1v) is 51.3. The molecule has 0 aromatic heterocycles. The maximum Gasteiger partial charge on any atom is 0.472 e. The molecule has 18 unspecified atom stereocenters.